The molecule has 0 aliphatic heterocycles. The second-order valence-electron chi connectivity index (χ2n) is 5.35. The number of aromatic nitrogens is 2. The average molecular weight is 324 g/mol. The average Bonchev–Trinajstić information content (AvgIpc) is 3.17. The number of imidazole rings is 1. The van der Waals surface area contributed by atoms with Crippen LogP contribution in [0.3, 0.4) is 0 Å². The van der Waals surface area contributed by atoms with Crippen molar-refractivity contribution in [2.45, 2.75) is 13.8 Å². The normalized spacial score (nSPS) is 10.6. The lowest BCUT2D eigenvalue weighted by molar-refractivity contribution is 0.0989. The summed E-state index contributed by atoms with van der Waals surface area (Å²) in [6.07, 6.45) is 2.91. The summed E-state index contributed by atoms with van der Waals surface area (Å²) < 4.78 is 7.01. The molecule has 0 aliphatic carbocycles. The number of nitrogens with one attached hydrogen (secondary N) is 1. The van der Waals surface area contributed by atoms with E-state index in [-0.39, 0.29) is 11.3 Å². The molecule has 0 unspecified atom stereocenters. The second-order valence-corrected chi connectivity index (χ2v) is 5.35. The zero-order chi connectivity index (χ0) is 17.3. The van der Waals surface area contributed by atoms with Crippen LogP contribution in [0, 0.1) is 13.8 Å². The number of primary amides is 1. The lowest BCUT2D eigenvalue weighted by Crippen LogP contribution is -2.12. The van der Waals surface area contributed by atoms with Gasteiger partial charge in [0.15, 0.2) is 5.76 Å². The van der Waals surface area contributed by atoms with E-state index in [0.29, 0.717) is 5.69 Å². The third kappa shape index (κ3) is 2.91. The Morgan fingerprint density at radius 1 is 1.21 bits per heavy atom. The van der Waals surface area contributed by atoms with Crippen molar-refractivity contribution in [2.24, 2.45) is 5.73 Å². The van der Waals surface area contributed by atoms with E-state index in [1.807, 2.05) is 30.5 Å². The number of nitrogens with zero attached hydrogens (tertiary/aromatic N) is 2. The highest BCUT2D eigenvalue weighted by Crippen LogP contribution is 2.17. The summed E-state index contributed by atoms with van der Waals surface area (Å²) in [6, 6.07) is 8.62. The van der Waals surface area contributed by atoms with Gasteiger partial charge in [-0.2, -0.15) is 0 Å². The first kappa shape index (κ1) is 15.5. The topological polar surface area (TPSA) is 103 Å². The molecule has 7 nitrogen and oxygen atoms in total. The molecule has 3 N–H and O–H groups in total. The third-order valence-electron chi connectivity index (χ3n) is 3.76. The number of carbonyl (C=O) groups is 2. The Balaban J connectivity index is 1.75. The van der Waals surface area contributed by atoms with Gasteiger partial charge in [0.1, 0.15) is 6.26 Å². The number of amides is 2. The molecule has 0 aliphatic rings. The number of hydrogen-bond acceptors (Lipinski definition) is 4. The van der Waals surface area contributed by atoms with Crippen LogP contribution in [-0.2, 0) is 0 Å². The molecular weight excluding hydrogens is 308 g/mol. The maximum atomic E-state index is 12.1. The highest BCUT2D eigenvalue weighted by Gasteiger charge is 2.14. The minimum atomic E-state index is -0.645. The van der Waals surface area contributed by atoms with E-state index in [4.69, 9.17) is 10.2 Å². The molecule has 122 valence electrons. The van der Waals surface area contributed by atoms with Crippen LogP contribution in [0.2, 0.25) is 0 Å². The molecule has 3 rings (SSSR count). The van der Waals surface area contributed by atoms with E-state index in [1.165, 1.54) is 6.07 Å². The summed E-state index contributed by atoms with van der Waals surface area (Å²) in [7, 11) is 0. The Morgan fingerprint density at radius 2 is 1.92 bits per heavy atom. The molecule has 0 bridgehead atoms. The first-order chi connectivity index (χ1) is 11.5. The van der Waals surface area contributed by atoms with E-state index in [9.17, 15) is 9.59 Å². The molecule has 24 heavy (non-hydrogen) atoms. The van der Waals surface area contributed by atoms with Gasteiger partial charge in [0.05, 0.1) is 17.6 Å². The molecule has 3 aromatic rings. The first-order valence-corrected chi connectivity index (χ1v) is 7.26. The molecular formula is C17H16N4O3. The number of aryl methyl sites for hydroxylation is 1. The molecule has 2 aromatic heterocycles. The Morgan fingerprint density at radius 3 is 2.46 bits per heavy atom. The van der Waals surface area contributed by atoms with Gasteiger partial charge in [-0.1, -0.05) is 0 Å². The van der Waals surface area contributed by atoms with Gasteiger partial charge in [-0.05, 0) is 38.1 Å². The lowest BCUT2D eigenvalue weighted by atomic mass is 10.2. The molecule has 0 atom stereocenters. The van der Waals surface area contributed by atoms with Crippen LogP contribution in [0.4, 0.5) is 5.69 Å². The minimum Gasteiger partial charge on any atom is -0.458 e. The number of benzene rings is 1. The zero-order valence-corrected chi connectivity index (χ0v) is 13.2. The van der Waals surface area contributed by atoms with Crippen molar-refractivity contribution in [3.63, 3.8) is 0 Å². The summed E-state index contributed by atoms with van der Waals surface area (Å²) in [5.41, 5.74) is 8.86. The molecule has 2 amide bonds. The van der Waals surface area contributed by atoms with Crippen molar-refractivity contribution in [3.8, 4) is 5.69 Å². The summed E-state index contributed by atoms with van der Waals surface area (Å²) in [6.45, 7) is 3.94. The lowest BCUT2D eigenvalue weighted by Gasteiger charge is -2.07. The molecule has 0 saturated carbocycles. The van der Waals surface area contributed by atoms with Gasteiger partial charge in [-0.25, -0.2) is 4.98 Å². The number of rotatable bonds is 4. The minimum absolute atomic E-state index is 0.0222. The summed E-state index contributed by atoms with van der Waals surface area (Å²) in [5.74, 6) is -1.08. The largest absolute Gasteiger partial charge is 0.458 e. The highest BCUT2D eigenvalue weighted by atomic mass is 16.3. The van der Waals surface area contributed by atoms with E-state index in [1.54, 1.807) is 18.5 Å². The Hall–Kier alpha value is -3.35. The number of hydrogen-bond donors (Lipinski definition) is 2. The molecule has 0 radical (unpaired) electrons. The summed E-state index contributed by atoms with van der Waals surface area (Å²) >= 11 is 0. The summed E-state index contributed by atoms with van der Waals surface area (Å²) in [5, 5.41) is 2.70. The predicted octanol–water partition coefficient (Wildman–Crippen LogP) is 2.43. The maximum absolute atomic E-state index is 12.1. The number of furan rings is 1. The van der Waals surface area contributed by atoms with Crippen molar-refractivity contribution in [1.82, 2.24) is 9.55 Å². The second kappa shape index (κ2) is 6.04. The van der Waals surface area contributed by atoms with E-state index >= 15 is 0 Å². The Kier molecular flexibility index (Phi) is 3.91. The number of carbonyl (C=O) groups excluding carboxylic acids is 2. The van der Waals surface area contributed by atoms with Gasteiger partial charge in [-0.15, -0.1) is 0 Å². The van der Waals surface area contributed by atoms with E-state index in [0.717, 1.165) is 23.3 Å². The molecule has 1 aromatic carbocycles. The molecule has 0 fully saturated rings. The van der Waals surface area contributed by atoms with Crippen molar-refractivity contribution in [2.75, 3.05) is 5.32 Å². The SMILES string of the molecule is Cc1ncn(-c2ccc(NC(=O)c3cc(C(N)=O)co3)cc2)c1C. The fraction of sp³-hybridized carbons (Fsp3) is 0.118. The monoisotopic (exact) mass is 324 g/mol. The van der Waals surface area contributed by atoms with Gasteiger partial charge in [0.2, 0.25) is 0 Å². The van der Waals surface area contributed by atoms with Gasteiger partial charge < -0.3 is 20.0 Å². The van der Waals surface area contributed by atoms with Crippen molar-refractivity contribution >= 4 is 17.5 Å². The van der Waals surface area contributed by atoms with Crippen molar-refractivity contribution in [1.29, 1.82) is 0 Å². The van der Waals surface area contributed by atoms with Crippen LogP contribution in [-0.4, -0.2) is 21.4 Å². The van der Waals surface area contributed by atoms with E-state index in [2.05, 4.69) is 10.3 Å². The Labute approximate surface area is 138 Å². The van der Waals surface area contributed by atoms with Gasteiger partial charge in [0.25, 0.3) is 11.8 Å². The van der Waals surface area contributed by atoms with E-state index < -0.39 is 11.8 Å². The quantitative estimate of drug-likeness (QED) is 0.769. The zero-order valence-electron chi connectivity index (χ0n) is 13.2. The van der Waals surface area contributed by atoms with Crippen LogP contribution in [0.15, 0.2) is 47.3 Å². The van der Waals surface area contributed by atoms with Crippen LogP contribution in [0.1, 0.15) is 32.3 Å². The fourth-order valence-electron chi connectivity index (χ4n) is 2.24. The van der Waals surface area contributed by atoms with Crippen LogP contribution in [0.5, 0.6) is 0 Å². The van der Waals surface area contributed by atoms with Crippen LogP contribution >= 0.6 is 0 Å². The fourth-order valence-corrected chi connectivity index (χ4v) is 2.24. The number of anilines is 1. The van der Waals surface area contributed by atoms with Crippen molar-refractivity contribution < 1.29 is 14.0 Å². The first-order valence-electron chi connectivity index (χ1n) is 7.26. The maximum Gasteiger partial charge on any atom is 0.291 e. The third-order valence-corrected chi connectivity index (χ3v) is 3.76. The smallest absolute Gasteiger partial charge is 0.291 e. The molecule has 2 heterocycles. The van der Waals surface area contributed by atoms with Gasteiger partial charge >= 0.3 is 0 Å². The van der Waals surface area contributed by atoms with Crippen LogP contribution in [0.25, 0.3) is 5.69 Å². The number of nitrogens with two attached hydrogens (primary N) is 1. The van der Waals surface area contributed by atoms with Gasteiger partial charge in [-0.3, -0.25) is 9.59 Å². The van der Waals surface area contributed by atoms with Gasteiger partial charge in [0, 0.05) is 23.1 Å². The van der Waals surface area contributed by atoms with Crippen LogP contribution < -0.4 is 11.1 Å². The molecule has 0 spiro atoms. The summed E-state index contributed by atoms with van der Waals surface area (Å²) in [4.78, 5) is 27.4. The molecule has 7 heteroatoms. The van der Waals surface area contributed by atoms with Crippen molar-refractivity contribution in [3.05, 3.63) is 65.6 Å². The standard InChI is InChI=1S/C17H16N4O3/c1-10-11(2)21(9-19-10)14-5-3-13(4-6-14)20-17(23)15-7-12(8-24-15)16(18)22/h3-9H,1-2H3,(H2,18,22)(H,20,23). The highest BCUT2D eigenvalue weighted by molar-refractivity contribution is 6.04. The predicted molar refractivity (Wildman–Crippen MR) is 88.2 cm³/mol. The molecule has 0 saturated heterocycles. The Bertz CT molecular complexity index is 906.